The van der Waals surface area contributed by atoms with Crippen molar-refractivity contribution in [1.82, 2.24) is 9.62 Å². The monoisotopic (exact) mass is 321 g/mol. The van der Waals surface area contributed by atoms with Crippen LogP contribution < -0.4 is 10.6 Å². The number of hydrogen-bond donors (Lipinski definition) is 2. The molecular weight excluding hydrogens is 306 g/mol. The van der Waals surface area contributed by atoms with Crippen LogP contribution in [-0.4, -0.2) is 38.5 Å². The molecule has 0 aliphatic heterocycles. The number of rotatable bonds is 4. The predicted octanol–water partition coefficient (Wildman–Crippen LogP) is 1.90. The first-order valence-electron chi connectivity index (χ1n) is 5.56. The molecule has 0 aliphatic carbocycles. The maximum Gasteiger partial charge on any atom is 0.244 e. The number of hydrogen-bond acceptors (Lipinski definition) is 3. The van der Waals surface area contributed by atoms with Crippen molar-refractivity contribution in [2.45, 2.75) is 11.8 Å². The average molecular weight is 322 g/mol. The molecule has 0 heterocycles. The van der Waals surface area contributed by atoms with E-state index in [1.807, 2.05) is 6.92 Å². The van der Waals surface area contributed by atoms with Gasteiger partial charge in [-0.1, -0.05) is 11.6 Å². The highest BCUT2D eigenvalue weighted by Crippen LogP contribution is 2.26. The van der Waals surface area contributed by atoms with Gasteiger partial charge in [0.25, 0.3) is 0 Å². The van der Waals surface area contributed by atoms with Gasteiger partial charge in [0.15, 0.2) is 5.11 Å². The molecule has 1 aromatic carbocycles. The van der Waals surface area contributed by atoms with Crippen molar-refractivity contribution in [1.29, 1.82) is 0 Å². The molecule has 0 spiro atoms. The van der Waals surface area contributed by atoms with E-state index in [0.29, 0.717) is 17.3 Å². The molecular formula is C11H16ClN3O2S2. The van der Waals surface area contributed by atoms with Crippen LogP contribution in [0, 0.1) is 0 Å². The molecule has 1 aromatic rings. The molecule has 19 heavy (non-hydrogen) atoms. The van der Waals surface area contributed by atoms with E-state index in [9.17, 15) is 8.42 Å². The molecule has 0 aliphatic rings. The Kier molecular flexibility index (Phi) is 5.54. The number of nitrogens with one attached hydrogen (secondary N) is 2. The Morgan fingerprint density at radius 2 is 2.05 bits per heavy atom. The summed E-state index contributed by atoms with van der Waals surface area (Å²) in [5, 5.41) is 6.42. The lowest BCUT2D eigenvalue weighted by Crippen LogP contribution is -2.28. The quantitative estimate of drug-likeness (QED) is 0.829. The summed E-state index contributed by atoms with van der Waals surface area (Å²) in [4.78, 5) is 0.0449. The van der Waals surface area contributed by atoms with Crippen LogP contribution in [0.3, 0.4) is 0 Å². The predicted molar refractivity (Wildman–Crippen MR) is 82.2 cm³/mol. The summed E-state index contributed by atoms with van der Waals surface area (Å²) < 4.78 is 25.3. The molecule has 0 bridgehead atoms. The molecule has 5 nitrogen and oxygen atoms in total. The first-order valence-corrected chi connectivity index (χ1v) is 7.78. The molecule has 1 rings (SSSR count). The third kappa shape index (κ3) is 4.04. The summed E-state index contributed by atoms with van der Waals surface area (Å²) in [5.74, 6) is 0. The molecule has 2 N–H and O–H groups in total. The minimum absolute atomic E-state index is 0.0449. The second-order valence-corrected chi connectivity index (χ2v) is 6.85. The maximum atomic E-state index is 12.1. The molecule has 0 amide bonds. The second-order valence-electron chi connectivity index (χ2n) is 3.92. The topological polar surface area (TPSA) is 61.4 Å². The van der Waals surface area contributed by atoms with Gasteiger partial charge in [-0.3, -0.25) is 0 Å². The van der Waals surface area contributed by atoms with Crippen LogP contribution in [0.15, 0.2) is 23.1 Å². The van der Waals surface area contributed by atoms with Gasteiger partial charge in [0.2, 0.25) is 10.0 Å². The van der Waals surface area contributed by atoms with Crippen molar-refractivity contribution in [3.05, 3.63) is 23.2 Å². The van der Waals surface area contributed by atoms with Crippen molar-refractivity contribution in [2.75, 3.05) is 26.0 Å². The summed E-state index contributed by atoms with van der Waals surface area (Å²) in [7, 11) is -0.674. The molecule has 0 radical (unpaired) electrons. The molecule has 0 saturated carbocycles. The van der Waals surface area contributed by atoms with Crippen LogP contribution in [0.5, 0.6) is 0 Å². The Bertz CT molecular complexity index is 573. The number of halogens is 1. The highest BCUT2D eigenvalue weighted by Gasteiger charge is 2.21. The van der Waals surface area contributed by atoms with E-state index in [0.717, 1.165) is 4.31 Å². The normalized spacial score (nSPS) is 11.4. The Morgan fingerprint density at radius 3 is 2.58 bits per heavy atom. The Morgan fingerprint density at radius 1 is 1.42 bits per heavy atom. The van der Waals surface area contributed by atoms with Crippen LogP contribution in [-0.2, 0) is 10.0 Å². The molecule has 0 atom stereocenters. The summed E-state index contributed by atoms with van der Waals surface area (Å²) >= 11 is 11.0. The summed E-state index contributed by atoms with van der Waals surface area (Å²) in [6.45, 7) is 2.60. The lowest BCUT2D eigenvalue weighted by molar-refractivity contribution is 0.521. The van der Waals surface area contributed by atoms with E-state index < -0.39 is 10.0 Å². The Hall–Kier alpha value is -0.890. The standard InChI is InChI=1S/C11H16ClN3O2S2/c1-4-13-11(18)14-8-5-6-9(12)10(7-8)19(16,17)15(2)3/h5-7H,4H2,1-3H3,(H2,13,14,18). The van der Waals surface area contributed by atoms with Gasteiger partial charge in [0.1, 0.15) is 4.90 Å². The van der Waals surface area contributed by atoms with Crippen LogP contribution >= 0.6 is 23.8 Å². The maximum absolute atomic E-state index is 12.1. The molecule has 0 aromatic heterocycles. The van der Waals surface area contributed by atoms with Crippen molar-refractivity contribution >= 4 is 44.6 Å². The number of thiocarbonyl (C=S) groups is 1. The minimum Gasteiger partial charge on any atom is -0.363 e. The average Bonchev–Trinajstić information content (AvgIpc) is 2.31. The van der Waals surface area contributed by atoms with Crippen molar-refractivity contribution in [3.63, 3.8) is 0 Å². The van der Waals surface area contributed by atoms with E-state index in [-0.39, 0.29) is 9.92 Å². The van der Waals surface area contributed by atoms with Crippen LogP contribution in [0.1, 0.15) is 6.92 Å². The first-order chi connectivity index (χ1) is 8.78. The fourth-order valence-electron chi connectivity index (χ4n) is 1.31. The summed E-state index contributed by atoms with van der Waals surface area (Å²) in [6.07, 6.45) is 0. The Balaban J connectivity index is 3.12. The van der Waals surface area contributed by atoms with Crippen LogP contribution in [0.25, 0.3) is 0 Å². The third-order valence-electron chi connectivity index (χ3n) is 2.29. The minimum atomic E-state index is -3.58. The fraction of sp³-hybridized carbons (Fsp3) is 0.364. The smallest absolute Gasteiger partial charge is 0.244 e. The van der Waals surface area contributed by atoms with Gasteiger partial charge in [-0.25, -0.2) is 12.7 Å². The van der Waals surface area contributed by atoms with Crippen molar-refractivity contribution in [2.24, 2.45) is 0 Å². The molecule has 0 unspecified atom stereocenters. The number of anilines is 1. The van der Waals surface area contributed by atoms with Gasteiger partial charge in [0, 0.05) is 26.3 Å². The Labute approximate surface area is 124 Å². The highest BCUT2D eigenvalue weighted by atomic mass is 35.5. The van der Waals surface area contributed by atoms with E-state index in [2.05, 4.69) is 10.6 Å². The van der Waals surface area contributed by atoms with Crippen molar-refractivity contribution < 1.29 is 8.42 Å². The highest BCUT2D eigenvalue weighted by molar-refractivity contribution is 7.89. The SMILES string of the molecule is CCNC(=S)Nc1ccc(Cl)c(S(=O)(=O)N(C)C)c1. The van der Waals surface area contributed by atoms with E-state index in [4.69, 9.17) is 23.8 Å². The van der Waals surface area contributed by atoms with Crippen LogP contribution in [0.4, 0.5) is 5.69 Å². The van der Waals surface area contributed by atoms with E-state index in [1.165, 1.54) is 26.2 Å². The number of sulfonamides is 1. The molecule has 106 valence electrons. The van der Waals surface area contributed by atoms with Crippen LogP contribution in [0.2, 0.25) is 5.02 Å². The zero-order valence-corrected chi connectivity index (χ0v) is 13.3. The largest absolute Gasteiger partial charge is 0.363 e. The van der Waals surface area contributed by atoms with Gasteiger partial charge in [-0.15, -0.1) is 0 Å². The second kappa shape index (κ2) is 6.51. The number of nitrogens with zero attached hydrogens (tertiary/aromatic N) is 1. The van der Waals surface area contributed by atoms with E-state index in [1.54, 1.807) is 6.07 Å². The molecule has 8 heteroatoms. The van der Waals surface area contributed by atoms with Gasteiger partial charge >= 0.3 is 0 Å². The molecule has 0 saturated heterocycles. The van der Waals surface area contributed by atoms with Gasteiger partial charge in [-0.2, -0.15) is 0 Å². The van der Waals surface area contributed by atoms with Gasteiger partial charge < -0.3 is 10.6 Å². The zero-order valence-electron chi connectivity index (χ0n) is 10.9. The number of benzene rings is 1. The van der Waals surface area contributed by atoms with Gasteiger partial charge in [0.05, 0.1) is 5.02 Å². The lowest BCUT2D eigenvalue weighted by atomic mass is 10.3. The zero-order chi connectivity index (χ0) is 14.6. The summed E-state index contributed by atoms with van der Waals surface area (Å²) in [6, 6.07) is 4.65. The first kappa shape index (κ1) is 16.2. The summed E-state index contributed by atoms with van der Waals surface area (Å²) in [5.41, 5.74) is 0.566. The fourth-order valence-corrected chi connectivity index (χ4v) is 2.97. The van der Waals surface area contributed by atoms with Crippen molar-refractivity contribution in [3.8, 4) is 0 Å². The van der Waals surface area contributed by atoms with E-state index >= 15 is 0 Å². The lowest BCUT2D eigenvalue weighted by Gasteiger charge is -2.15. The van der Waals surface area contributed by atoms with Gasteiger partial charge in [-0.05, 0) is 37.3 Å². The molecule has 0 fully saturated rings. The third-order valence-corrected chi connectivity index (χ3v) is 4.83.